The van der Waals surface area contributed by atoms with Gasteiger partial charge in [-0.1, -0.05) is 32.1 Å². The van der Waals surface area contributed by atoms with Crippen molar-refractivity contribution in [2.45, 2.75) is 58.9 Å². The van der Waals surface area contributed by atoms with Crippen LogP contribution in [0.15, 0.2) is 34.8 Å². The minimum absolute atomic E-state index is 0.119. The van der Waals surface area contributed by atoms with Crippen molar-refractivity contribution in [2.75, 3.05) is 0 Å². The van der Waals surface area contributed by atoms with E-state index in [-0.39, 0.29) is 11.4 Å². The van der Waals surface area contributed by atoms with Crippen molar-refractivity contribution in [3.8, 4) is 0 Å². The Morgan fingerprint density at radius 1 is 1.38 bits per heavy atom. The largest absolute Gasteiger partial charge is 0.451 e. The Hall–Kier alpha value is -2.03. The van der Waals surface area contributed by atoms with Crippen LogP contribution in [0.25, 0.3) is 11.0 Å². The van der Waals surface area contributed by atoms with Gasteiger partial charge in [0.1, 0.15) is 5.58 Å². The maximum Gasteiger partial charge on any atom is 0.287 e. The van der Waals surface area contributed by atoms with Crippen LogP contribution in [-0.2, 0) is 0 Å². The van der Waals surface area contributed by atoms with Crippen molar-refractivity contribution < 1.29 is 9.21 Å². The van der Waals surface area contributed by atoms with Gasteiger partial charge in [0, 0.05) is 10.9 Å². The van der Waals surface area contributed by atoms with E-state index in [1.807, 2.05) is 26.0 Å². The fraction of sp³-hybridized carbons (Fsp3) is 0.476. The number of furan rings is 1. The van der Waals surface area contributed by atoms with Gasteiger partial charge in [0.15, 0.2) is 5.76 Å². The third-order valence-corrected chi connectivity index (χ3v) is 5.23. The summed E-state index contributed by atoms with van der Waals surface area (Å²) >= 11 is 0. The number of amides is 1. The standard InChI is InChI=1S/C21H27NO2/c1-6-21(11-14(3)7-15(4)12-21)22-20(23)19-10-17-16(5)8-13(2)9-18(17)24-19/h8-10,15H,3,6-7,11-12H2,1-2,4-5H3,(H,22,23). The van der Waals surface area contributed by atoms with Gasteiger partial charge in [-0.2, -0.15) is 0 Å². The third kappa shape index (κ3) is 3.12. The fourth-order valence-corrected chi connectivity index (χ4v) is 4.21. The summed E-state index contributed by atoms with van der Waals surface area (Å²) in [6.07, 6.45) is 3.81. The van der Waals surface area contributed by atoms with Crippen LogP contribution in [0.4, 0.5) is 0 Å². The number of hydrogen-bond donors (Lipinski definition) is 1. The van der Waals surface area contributed by atoms with Crippen LogP contribution in [-0.4, -0.2) is 11.4 Å². The van der Waals surface area contributed by atoms with E-state index in [1.165, 1.54) is 5.57 Å². The molecule has 0 saturated heterocycles. The summed E-state index contributed by atoms with van der Waals surface area (Å²) in [6, 6.07) is 5.96. The molecule has 0 spiro atoms. The Balaban J connectivity index is 1.88. The molecule has 1 amide bonds. The first-order valence-corrected chi connectivity index (χ1v) is 8.82. The number of nitrogens with one attached hydrogen (secondary N) is 1. The Labute approximate surface area is 144 Å². The molecule has 1 aliphatic rings. The molecule has 1 fully saturated rings. The number of hydrogen-bond acceptors (Lipinski definition) is 2. The van der Waals surface area contributed by atoms with Gasteiger partial charge in [-0.25, -0.2) is 0 Å². The highest BCUT2D eigenvalue weighted by Crippen LogP contribution is 2.37. The highest BCUT2D eigenvalue weighted by Gasteiger charge is 2.37. The molecule has 2 aromatic rings. The fourth-order valence-electron chi connectivity index (χ4n) is 4.21. The average Bonchev–Trinajstić information content (AvgIpc) is 2.90. The highest BCUT2D eigenvalue weighted by atomic mass is 16.3. The molecule has 3 heteroatoms. The summed E-state index contributed by atoms with van der Waals surface area (Å²) in [7, 11) is 0. The minimum Gasteiger partial charge on any atom is -0.451 e. The monoisotopic (exact) mass is 325 g/mol. The first-order valence-electron chi connectivity index (χ1n) is 8.82. The lowest BCUT2D eigenvalue weighted by Crippen LogP contribution is -2.51. The van der Waals surface area contributed by atoms with Crippen LogP contribution < -0.4 is 5.32 Å². The Bertz CT molecular complexity index is 802. The first kappa shape index (κ1) is 16.8. The van der Waals surface area contributed by atoms with E-state index in [1.54, 1.807) is 0 Å². The van der Waals surface area contributed by atoms with Gasteiger partial charge in [-0.15, -0.1) is 0 Å². The van der Waals surface area contributed by atoms with Crippen molar-refractivity contribution >= 4 is 16.9 Å². The molecule has 24 heavy (non-hydrogen) atoms. The molecule has 1 saturated carbocycles. The smallest absolute Gasteiger partial charge is 0.287 e. The summed E-state index contributed by atoms with van der Waals surface area (Å²) < 4.78 is 5.84. The Kier molecular flexibility index (Phi) is 4.29. The van der Waals surface area contributed by atoms with Crippen LogP contribution in [0.3, 0.4) is 0 Å². The highest BCUT2D eigenvalue weighted by molar-refractivity contribution is 5.97. The quantitative estimate of drug-likeness (QED) is 0.778. The SMILES string of the molecule is C=C1CC(C)CC(CC)(NC(=O)c2cc3c(C)cc(C)cc3o2)C1. The van der Waals surface area contributed by atoms with Crippen molar-refractivity contribution in [2.24, 2.45) is 5.92 Å². The van der Waals surface area contributed by atoms with E-state index in [2.05, 4.69) is 31.8 Å². The van der Waals surface area contributed by atoms with Gasteiger partial charge >= 0.3 is 0 Å². The van der Waals surface area contributed by atoms with Gasteiger partial charge in [0.25, 0.3) is 5.91 Å². The third-order valence-electron chi connectivity index (χ3n) is 5.23. The van der Waals surface area contributed by atoms with E-state index >= 15 is 0 Å². The molecule has 0 radical (unpaired) electrons. The summed E-state index contributed by atoms with van der Waals surface area (Å²) in [6.45, 7) is 12.6. The van der Waals surface area contributed by atoms with Crippen LogP contribution in [0.1, 0.15) is 61.2 Å². The van der Waals surface area contributed by atoms with Crippen LogP contribution >= 0.6 is 0 Å². The Morgan fingerprint density at radius 2 is 2.12 bits per heavy atom. The van der Waals surface area contributed by atoms with Gasteiger partial charge in [0.2, 0.25) is 0 Å². The molecule has 3 nitrogen and oxygen atoms in total. The molecule has 1 N–H and O–H groups in total. The maximum atomic E-state index is 12.8. The number of rotatable bonds is 3. The normalized spacial score (nSPS) is 24.3. The molecule has 2 atom stereocenters. The number of benzene rings is 1. The van der Waals surface area contributed by atoms with Crippen molar-refractivity contribution in [3.05, 3.63) is 47.2 Å². The molecule has 0 bridgehead atoms. The zero-order chi connectivity index (χ0) is 17.5. The minimum atomic E-state index is -0.199. The lowest BCUT2D eigenvalue weighted by Gasteiger charge is -2.41. The second-order valence-corrected chi connectivity index (χ2v) is 7.63. The summed E-state index contributed by atoms with van der Waals surface area (Å²) in [4.78, 5) is 12.8. The predicted octanol–water partition coefficient (Wildman–Crippen LogP) is 5.30. The molecular formula is C21H27NO2. The zero-order valence-corrected chi connectivity index (χ0v) is 15.2. The second kappa shape index (κ2) is 6.12. The molecule has 2 unspecified atom stereocenters. The number of carbonyl (C=O) groups excluding carboxylic acids is 1. The van der Waals surface area contributed by atoms with Crippen LogP contribution in [0.2, 0.25) is 0 Å². The molecule has 1 aromatic heterocycles. The molecular weight excluding hydrogens is 298 g/mol. The van der Waals surface area contributed by atoms with Crippen molar-refractivity contribution in [1.82, 2.24) is 5.32 Å². The van der Waals surface area contributed by atoms with Gasteiger partial charge < -0.3 is 9.73 Å². The van der Waals surface area contributed by atoms with Crippen molar-refractivity contribution in [1.29, 1.82) is 0 Å². The van der Waals surface area contributed by atoms with Gasteiger partial charge in [0.05, 0.1) is 0 Å². The van der Waals surface area contributed by atoms with Gasteiger partial charge in [-0.3, -0.25) is 4.79 Å². The Morgan fingerprint density at radius 3 is 2.79 bits per heavy atom. The number of aryl methyl sites for hydroxylation is 2. The summed E-state index contributed by atoms with van der Waals surface area (Å²) in [5.41, 5.74) is 4.09. The van der Waals surface area contributed by atoms with Crippen molar-refractivity contribution in [3.63, 3.8) is 0 Å². The molecule has 3 rings (SSSR count). The van der Waals surface area contributed by atoms with Crippen LogP contribution in [0.5, 0.6) is 0 Å². The molecule has 1 aliphatic carbocycles. The molecule has 1 aromatic carbocycles. The molecule has 0 aliphatic heterocycles. The van der Waals surface area contributed by atoms with E-state index < -0.39 is 0 Å². The summed E-state index contributed by atoms with van der Waals surface area (Å²) in [5, 5.41) is 4.27. The van der Waals surface area contributed by atoms with Gasteiger partial charge in [-0.05, 0) is 68.7 Å². The maximum absolute atomic E-state index is 12.8. The number of carbonyl (C=O) groups is 1. The van der Waals surface area contributed by atoms with E-state index in [0.29, 0.717) is 11.7 Å². The van der Waals surface area contributed by atoms with E-state index in [9.17, 15) is 4.79 Å². The average molecular weight is 325 g/mol. The molecule has 128 valence electrons. The second-order valence-electron chi connectivity index (χ2n) is 7.63. The molecule has 1 heterocycles. The van der Waals surface area contributed by atoms with Crippen LogP contribution in [0, 0.1) is 19.8 Å². The lowest BCUT2D eigenvalue weighted by molar-refractivity contribution is 0.0837. The lowest BCUT2D eigenvalue weighted by atomic mass is 9.73. The van der Waals surface area contributed by atoms with E-state index in [4.69, 9.17) is 4.42 Å². The first-order chi connectivity index (χ1) is 11.3. The number of fused-ring (bicyclic) bond motifs is 1. The topological polar surface area (TPSA) is 42.2 Å². The zero-order valence-electron chi connectivity index (χ0n) is 15.2. The van der Waals surface area contributed by atoms with E-state index in [0.717, 1.165) is 47.8 Å². The predicted molar refractivity (Wildman–Crippen MR) is 98.3 cm³/mol. The summed E-state index contributed by atoms with van der Waals surface area (Å²) in [5.74, 6) is 0.828.